The Morgan fingerprint density at radius 1 is 1.33 bits per heavy atom. The molecule has 1 rings (SSSR count). The third-order valence-electron chi connectivity index (χ3n) is 1.65. The minimum absolute atomic E-state index is 0. The highest BCUT2D eigenvalue weighted by atomic mass is 35.5. The summed E-state index contributed by atoms with van der Waals surface area (Å²) >= 11 is 5.83. The highest BCUT2D eigenvalue weighted by Crippen LogP contribution is 2.20. The third-order valence-corrected chi connectivity index (χ3v) is 2.05. The molecule has 2 N–H and O–H groups in total. The first-order valence-electron chi connectivity index (χ1n) is 3.18. The summed E-state index contributed by atoms with van der Waals surface area (Å²) in [7, 11) is 0. The van der Waals surface area contributed by atoms with Crippen LogP contribution in [0.25, 0.3) is 0 Å². The molecule has 56 valence electrons. The summed E-state index contributed by atoms with van der Waals surface area (Å²) in [5, 5.41) is 0.360. The number of nitrogens with two attached hydrogens (primary N) is 1. The fourth-order valence-corrected chi connectivity index (χ4v) is 1.55. The van der Waals surface area contributed by atoms with Gasteiger partial charge in [-0.3, -0.25) is 0 Å². The van der Waals surface area contributed by atoms with Crippen molar-refractivity contribution in [3.8, 4) is 0 Å². The molecule has 1 aliphatic rings. The Kier molecular flexibility index (Phi) is 4.63. The average Bonchev–Trinajstić information content (AvgIpc) is 1.64. The maximum absolute atomic E-state index is 5.83. The minimum Gasteiger partial charge on any atom is -0.328 e. The Morgan fingerprint density at radius 3 is 2.33 bits per heavy atom. The second kappa shape index (κ2) is 4.37. The molecule has 1 fully saturated rings. The summed E-state index contributed by atoms with van der Waals surface area (Å²) in [6, 6.07) is 0.381. The highest BCUT2D eigenvalue weighted by molar-refractivity contribution is 6.20. The summed E-state index contributed by atoms with van der Waals surface area (Å²) in [6.07, 6.45) is 4.56. The van der Waals surface area contributed by atoms with Crippen molar-refractivity contribution in [3.05, 3.63) is 0 Å². The number of halogens is 2. The molecule has 0 amide bonds. The molecule has 2 atom stereocenters. The lowest BCUT2D eigenvalue weighted by Crippen LogP contribution is -2.27. The Labute approximate surface area is 67.4 Å². The van der Waals surface area contributed by atoms with Gasteiger partial charge in [-0.2, -0.15) is 0 Å². The molecule has 0 spiro atoms. The van der Waals surface area contributed by atoms with Crippen LogP contribution >= 0.6 is 24.0 Å². The van der Waals surface area contributed by atoms with Gasteiger partial charge in [0.05, 0.1) is 0 Å². The second-order valence-corrected chi connectivity index (χ2v) is 3.14. The summed E-state index contributed by atoms with van der Waals surface area (Å²) in [5.74, 6) is 0. The van der Waals surface area contributed by atoms with E-state index in [0.29, 0.717) is 11.4 Å². The van der Waals surface area contributed by atoms with Crippen LogP contribution in [0.2, 0.25) is 0 Å². The predicted octanol–water partition coefficient (Wildman–Crippen LogP) is 1.92. The van der Waals surface area contributed by atoms with E-state index in [1.165, 1.54) is 12.8 Å². The van der Waals surface area contributed by atoms with Gasteiger partial charge in [-0.1, -0.05) is 6.42 Å². The van der Waals surface area contributed by atoms with Gasteiger partial charge in [0.15, 0.2) is 0 Å². The van der Waals surface area contributed by atoms with E-state index in [1.54, 1.807) is 0 Å². The lowest BCUT2D eigenvalue weighted by atomic mass is 9.96. The molecule has 1 nitrogen and oxygen atoms in total. The second-order valence-electron chi connectivity index (χ2n) is 2.52. The fraction of sp³-hybridized carbons (Fsp3) is 1.00. The summed E-state index contributed by atoms with van der Waals surface area (Å²) in [5.41, 5.74) is 5.64. The van der Waals surface area contributed by atoms with Gasteiger partial charge in [-0.15, -0.1) is 24.0 Å². The van der Waals surface area contributed by atoms with E-state index in [-0.39, 0.29) is 12.4 Å². The van der Waals surface area contributed by atoms with Crippen LogP contribution in [0, 0.1) is 0 Å². The first-order valence-corrected chi connectivity index (χ1v) is 3.62. The molecule has 0 heterocycles. The van der Waals surface area contributed by atoms with E-state index in [2.05, 4.69) is 0 Å². The number of alkyl halides is 1. The Hall–Kier alpha value is 0.540. The molecule has 0 radical (unpaired) electrons. The fourth-order valence-electron chi connectivity index (χ4n) is 1.17. The maximum atomic E-state index is 5.83. The summed E-state index contributed by atoms with van der Waals surface area (Å²) < 4.78 is 0. The summed E-state index contributed by atoms with van der Waals surface area (Å²) in [4.78, 5) is 0. The molecule has 2 unspecified atom stereocenters. The minimum atomic E-state index is 0. The van der Waals surface area contributed by atoms with Crippen LogP contribution in [0.1, 0.15) is 25.7 Å². The van der Waals surface area contributed by atoms with Crippen LogP contribution in [-0.2, 0) is 0 Å². The molecule has 0 aromatic carbocycles. The van der Waals surface area contributed by atoms with Crippen molar-refractivity contribution in [2.75, 3.05) is 0 Å². The Morgan fingerprint density at radius 2 is 2.00 bits per heavy atom. The van der Waals surface area contributed by atoms with Crippen molar-refractivity contribution < 1.29 is 0 Å². The molecule has 0 aromatic heterocycles. The number of hydrogen-bond acceptors (Lipinski definition) is 1. The van der Waals surface area contributed by atoms with E-state index in [4.69, 9.17) is 17.3 Å². The van der Waals surface area contributed by atoms with E-state index in [1.807, 2.05) is 0 Å². The van der Waals surface area contributed by atoms with Crippen molar-refractivity contribution in [2.24, 2.45) is 5.73 Å². The van der Waals surface area contributed by atoms with Crippen molar-refractivity contribution in [1.29, 1.82) is 0 Å². The Balaban J connectivity index is 0.000000640. The number of rotatable bonds is 0. The first kappa shape index (κ1) is 9.54. The van der Waals surface area contributed by atoms with Gasteiger partial charge in [-0.25, -0.2) is 0 Å². The van der Waals surface area contributed by atoms with Crippen LogP contribution in [0.15, 0.2) is 0 Å². The molecule has 1 aliphatic carbocycles. The van der Waals surface area contributed by atoms with E-state index in [0.717, 1.165) is 12.8 Å². The molecule has 0 saturated heterocycles. The molecule has 1 saturated carbocycles. The average molecular weight is 170 g/mol. The van der Waals surface area contributed by atoms with Crippen molar-refractivity contribution >= 4 is 24.0 Å². The van der Waals surface area contributed by atoms with Gasteiger partial charge in [0, 0.05) is 11.4 Å². The van der Waals surface area contributed by atoms with Crippen molar-refractivity contribution in [1.82, 2.24) is 0 Å². The topological polar surface area (TPSA) is 26.0 Å². The molecule has 9 heavy (non-hydrogen) atoms. The predicted molar refractivity (Wildman–Crippen MR) is 43.3 cm³/mol. The molecule has 0 aliphatic heterocycles. The number of hydrogen-bond donors (Lipinski definition) is 1. The standard InChI is InChI=1S/C6H12ClN.ClH/c7-5-2-1-3-6(8)4-5;/h5-6H,1-4,8H2;1H. The lowest BCUT2D eigenvalue weighted by molar-refractivity contribution is 0.447. The zero-order valence-electron chi connectivity index (χ0n) is 5.35. The lowest BCUT2D eigenvalue weighted by Gasteiger charge is -2.21. The van der Waals surface area contributed by atoms with E-state index >= 15 is 0 Å². The van der Waals surface area contributed by atoms with E-state index < -0.39 is 0 Å². The quantitative estimate of drug-likeness (QED) is 0.552. The van der Waals surface area contributed by atoms with E-state index in [9.17, 15) is 0 Å². The van der Waals surface area contributed by atoms with Crippen LogP contribution in [0.4, 0.5) is 0 Å². The largest absolute Gasteiger partial charge is 0.328 e. The van der Waals surface area contributed by atoms with Crippen LogP contribution in [0.5, 0.6) is 0 Å². The van der Waals surface area contributed by atoms with Gasteiger partial charge >= 0.3 is 0 Å². The van der Waals surface area contributed by atoms with Crippen molar-refractivity contribution in [3.63, 3.8) is 0 Å². The zero-order chi connectivity index (χ0) is 5.98. The molecular weight excluding hydrogens is 157 g/mol. The first-order chi connectivity index (χ1) is 3.79. The van der Waals surface area contributed by atoms with Crippen LogP contribution in [-0.4, -0.2) is 11.4 Å². The van der Waals surface area contributed by atoms with Gasteiger partial charge in [0.1, 0.15) is 0 Å². The molecule has 0 bridgehead atoms. The monoisotopic (exact) mass is 169 g/mol. The van der Waals surface area contributed by atoms with Gasteiger partial charge in [-0.05, 0) is 19.3 Å². The van der Waals surface area contributed by atoms with Gasteiger partial charge in [0.2, 0.25) is 0 Å². The van der Waals surface area contributed by atoms with Crippen LogP contribution in [0.3, 0.4) is 0 Å². The molecule has 0 aromatic rings. The molecular formula is C6H13Cl2N. The maximum Gasteiger partial charge on any atom is 0.0350 e. The highest BCUT2D eigenvalue weighted by Gasteiger charge is 2.15. The smallest absolute Gasteiger partial charge is 0.0350 e. The summed E-state index contributed by atoms with van der Waals surface area (Å²) in [6.45, 7) is 0. The SMILES string of the molecule is Cl.NC1CCCC(Cl)C1. The van der Waals surface area contributed by atoms with Gasteiger partial charge < -0.3 is 5.73 Å². The zero-order valence-corrected chi connectivity index (χ0v) is 6.92. The van der Waals surface area contributed by atoms with Gasteiger partial charge in [0.25, 0.3) is 0 Å². The van der Waals surface area contributed by atoms with Crippen molar-refractivity contribution in [2.45, 2.75) is 37.1 Å². The molecule has 3 heteroatoms. The normalized spacial score (nSPS) is 35.3. The Bertz CT molecular complexity index is 69.5. The van der Waals surface area contributed by atoms with Crippen LogP contribution < -0.4 is 5.73 Å². The third kappa shape index (κ3) is 3.29.